The van der Waals surface area contributed by atoms with Crippen molar-refractivity contribution < 1.29 is 9.47 Å². The molecule has 0 atom stereocenters. The van der Waals surface area contributed by atoms with Crippen molar-refractivity contribution in [3.8, 4) is 11.5 Å². The molecule has 0 unspecified atom stereocenters. The number of unbranched alkanes of at least 4 members (excludes halogenated alkanes) is 3. The van der Waals surface area contributed by atoms with Crippen molar-refractivity contribution >= 4 is 5.96 Å². The number of para-hydroxylation sites is 1. The maximum Gasteiger partial charge on any atom is 0.188 e. The van der Waals surface area contributed by atoms with Gasteiger partial charge in [0.05, 0.1) is 20.8 Å². The number of methoxy groups -OCH3 is 2. The Balaban J connectivity index is 2.51. The molecular formula is C16H27N3O2. The van der Waals surface area contributed by atoms with Gasteiger partial charge in [-0.25, -0.2) is 4.99 Å². The van der Waals surface area contributed by atoms with Crippen molar-refractivity contribution in [2.24, 2.45) is 10.7 Å². The minimum atomic E-state index is 0.466. The molecule has 0 aliphatic rings. The average Bonchev–Trinajstić information content (AvgIpc) is 2.52. The highest BCUT2D eigenvalue weighted by Crippen LogP contribution is 2.30. The van der Waals surface area contributed by atoms with Gasteiger partial charge in [-0.3, -0.25) is 0 Å². The van der Waals surface area contributed by atoms with Crippen LogP contribution in [0.25, 0.3) is 0 Å². The highest BCUT2D eigenvalue weighted by molar-refractivity contribution is 5.77. The quantitative estimate of drug-likeness (QED) is 0.417. The van der Waals surface area contributed by atoms with E-state index in [4.69, 9.17) is 15.2 Å². The van der Waals surface area contributed by atoms with E-state index in [2.05, 4.69) is 17.2 Å². The normalized spacial score (nSPS) is 11.3. The number of ether oxygens (including phenoxy) is 2. The van der Waals surface area contributed by atoms with Gasteiger partial charge in [0.25, 0.3) is 0 Å². The van der Waals surface area contributed by atoms with Crippen LogP contribution >= 0.6 is 0 Å². The van der Waals surface area contributed by atoms with Crippen LogP contribution in [0.2, 0.25) is 0 Å². The number of nitrogens with two attached hydrogens (primary N) is 1. The smallest absolute Gasteiger partial charge is 0.188 e. The van der Waals surface area contributed by atoms with Crippen LogP contribution in [0.4, 0.5) is 0 Å². The molecule has 0 amide bonds. The summed E-state index contributed by atoms with van der Waals surface area (Å²) in [6, 6.07) is 5.74. The van der Waals surface area contributed by atoms with Crippen molar-refractivity contribution in [2.75, 3.05) is 20.8 Å². The third kappa shape index (κ3) is 5.94. The Morgan fingerprint density at radius 1 is 1.19 bits per heavy atom. The summed E-state index contributed by atoms with van der Waals surface area (Å²) in [6.45, 7) is 3.53. The first-order chi connectivity index (χ1) is 10.2. The highest BCUT2D eigenvalue weighted by Gasteiger charge is 2.08. The van der Waals surface area contributed by atoms with E-state index in [0.717, 1.165) is 18.5 Å². The molecule has 0 saturated carbocycles. The zero-order valence-corrected chi connectivity index (χ0v) is 13.3. The molecule has 3 N–H and O–H groups in total. The van der Waals surface area contributed by atoms with Crippen LogP contribution < -0.4 is 20.5 Å². The molecule has 1 rings (SSSR count). The molecule has 118 valence electrons. The Kier molecular flexibility index (Phi) is 8.09. The molecule has 0 aliphatic carbocycles. The van der Waals surface area contributed by atoms with Gasteiger partial charge in [0.1, 0.15) is 0 Å². The third-order valence-electron chi connectivity index (χ3n) is 3.24. The minimum Gasteiger partial charge on any atom is -0.493 e. The molecule has 0 radical (unpaired) electrons. The van der Waals surface area contributed by atoms with E-state index in [1.54, 1.807) is 14.2 Å². The topological polar surface area (TPSA) is 68.9 Å². The summed E-state index contributed by atoms with van der Waals surface area (Å²) in [5.41, 5.74) is 6.82. The first-order valence-electron chi connectivity index (χ1n) is 7.46. The van der Waals surface area contributed by atoms with Gasteiger partial charge in [-0.15, -0.1) is 0 Å². The Hall–Kier alpha value is -1.91. The fourth-order valence-electron chi connectivity index (χ4n) is 2.07. The number of guanidine groups is 1. The van der Waals surface area contributed by atoms with E-state index >= 15 is 0 Å². The molecule has 5 nitrogen and oxygen atoms in total. The number of nitrogens with zero attached hydrogens (tertiary/aromatic N) is 1. The van der Waals surface area contributed by atoms with Crippen molar-refractivity contribution in [1.82, 2.24) is 5.32 Å². The number of aliphatic imine (C=N–C) groups is 1. The van der Waals surface area contributed by atoms with E-state index in [1.165, 1.54) is 19.3 Å². The van der Waals surface area contributed by atoms with Crippen LogP contribution in [0.1, 0.15) is 38.2 Å². The van der Waals surface area contributed by atoms with Crippen LogP contribution in [0.15, 0.2) is 23.2 Å². The molecule has 1 aromatic rings. The SMILES string of the molecule is CCCCCCNC(N)=NCc1cccc(OC)c1OC. The second-order valence-electron chi connectivity index (χ2n) is 4.84. The van der Waals surface area contributed by atoms with Crippen molar-refractivity contribution in [3.05, 3.63) is 23.8 Å². The molecule has 1 aromatic carbocycles. The van der Waals surface area contributed by atoms with E-state index in [9.17, 15) is 0 Å². The van der Waals surface area contributed by atoms with Gasteiger partial charge in [-0.1, -0.05) is 38.3 Å². The lowest BCUT2D eigenvalue weighted by Gasteiger charge is -2.11. The molecule has 0 bridgehead atoms. The number of benzene rings is 1. The van der Waals surface area contributed by atoms with Crippen molar-refractivity contribution in [3.63, 3.8) is 0 Å². The summed E-state index contributed by atoms with van der Waals surface area (Å²) in [5.74, 6) is 1.88. The number of hydrogen-bond donors (Lipinski definition) is 2. The van der Waals surface area contributed by atoms with Gasteiger partial charge in [-0.05, 0) is 12.5 Å². The maximum absolute atomic E-state index is 5.87. The summed E-state index contributed by atoms with van der Waals surface area (Å²) in [5, 5.41) is 3.13. The van der Waals surface area contributed by atoms with E-state index in [-0.39, 0.29) is 0 Å². The number of nitrogens with one attached hydrogen (secondary N) is 1. The molecule has 0 heterocycles. The summed E-state index contributed by atoms with van der Waals surface area (Å²) in [4.78, 5) is 4.34. The standard InChI is InChI=1S/C16H27N3O2/c1-4-5-6-7-11-18-16(17)19-12-13-9-8-10-14(20-2)15(13)21-3/h8-10H,4-7,11-12H2,1-3H3,(H3,17,18,19). The predicted molar refractivity (Wildman–Crippen MR) is 87.0 cm³/mol. The fourth-order valence-corrected chi connectivity index (χ4v) is 2.07. The molecule has 0 aromatic heterocycles. The molecule has 0 fully saturated rings. The first kappa shape index (κ1) is 17.1. The minimum absolute atomic E-state index is 0.466. The second kappa shape index (κ2) is 9.91. The van der Waals surface area contributed by atoms with Crippen LogP contribution in [-0.2, 0) is 6.54 Å². The van der Waals surface area contributed by atoms with Gasteiger partial charge >= 0.3 is 0 Å². The molecule has 0 saturated heterocycles. The number of hydrogen-bond acceptors (Lipinski definition) is 3. The monoisotopic (exact) mass is 293 g/mol. The van der Waals surface area contributed by atoms with Crippen LogP contribution in [0.5, 0.6) is 11.5 Å². The fraction of sp³-hybridized carbons (Fsp3) is 0.562. The Morgan fingerprint density at radius 3 is 2.67 bits per heavy atom. The summed E-state index contributed by atoms with van der Waals surface area (Å²) in [7, 11) is 3.25. The van der Waals surface area contributed by atoms with Crippen LogP contribution in [0, 0.1) is 0 Å². The van der Waals surface area contributed by atoms with Gasteiger partial charge in [0, 0.05) is 12.1 Å². The van der Waals surface area contributed by atoms with Gasteiger partial charge in [0.2, 0.25) is 0 Å². The lowest BCUT2D eigenvalue weighted by atomic mass is 10.2. The molecule has 0 spiro atoms. The van der Waals surface area contributed by atoms with Gasteiger partial charge in [-0.2, -0.15) is 0 Å². The van der Waals surface area contributed by atoms with E-state index < -0.39 is 0 Å². The first-order valence-corrected chi connectivity index (χ1v) is 7.46. The maximum atomic E-state index is 5.87. The summed E-state index contributed by atoms with van der Waals surface area (Å²) in [6.07, 6.45) is 4.84. The van der Waals surface area contributed by atoms with Gasteiger partial charge < -0.3 is 20.5 Å². The predicted octanol–water partition coefficient (Wildman–Crippen LogP) is 2.69. The molecular weight excluding hydrogens is 266 g/mol. The number of rotatable bonds is 9. The summed E-state index contributed by atoms with van der Waals surface area (Å²) < 4.78 is 10.6. The van der Waals surface area contributed by atoms with Crippen LogP contribution in [-0.4, -0.2) is 26.7 Å². The largest absolute Gasteiger partial charge is 0.493 e. The van der Waals surface area contributed by atoms with Crippen molar-refractivity contribution in [1.29, 1.82) is 0 Å². The third-order valence-corrected chi connectivity index (χ3v) is 3.24. The van der Waals surface area contributed by atoms with Crippen molar-refractivity contribution in [2.45, 2.75) is 39.2 Å². The average molecular weight is 293 g/mol. The lowest BCUT2D eigenvalue weighted by molar-refractivity contribution is 0.352. The highest BCUT2D eigenvalue weighted by atomic mass is 16.5. The van der Waals surface area contributed by atoms with Crippen LogP contribution in [0.3, 0.4) is 0 Å². The lowest BCUT2D eigenvalue weighted by Crippen LogP contribution is -2.32. The molecule has 0 aliphatic heterocycles. The zero-order chi connectivity index (χ0) is 15.5. The Bertz CT molecular complexity index is 447. The van der Waals surface area contributed by atoms with Gasteiger partial charge in [0.15, 0.2) is 17.5 Å². The molecule has 5 heteroatoms. The second-order valence-corrected chi connectivity index (χ2v) is 4.84. The van der Waals surface area contributed by atoms with E-state index in [1.807, 2.05) is 18.2 Å². The Morgan fingerprint density at radius 2 is 2.00 bits per heavy atom. The Labute approximate surface area is 127 Å². The zero-order valence-electron chi connectivity index (χ0n) is 13.3. The van der Waals surface area contributed by atoms with E-state index in [0.29, 0.717) is 24.0 Å². The molecule has 21 heavy (non-hydrogen) atoms. The summed E-state index contributed by atoms with van der Waals surface area (Å²) >= 11 is 0.